The number of nitrogens with zero attached hydrogens (tertiary/aromatic N) is 3. The number of non-ortho nitro benzene ring substituents is 1. The van der Waals surface area contributed by atoms with Gasteiger partial charge < -0.3 is 0 Å². The van der Waals surface area contributed by atoms with Crippen LogP contribution in [0.4, 0.5) is 11.4 Å². The summed E-state index contributed by atoms with van der Waals surface area (Å²) >= 11 is 0. The molecule has 0 aliphatic heterocycles. The summed E-state index contributed by atoms with van der Waals surface area (Å²) in [5.41, 5.74) is 2.82. The molecule has 0 fully saturated rings. The molecule has 0 atom stereocenters. The van der Waals surface area contributed by atoms with Gasteiger partial charge in [0, 0.05) is 17.7 Å². The van der Waals surface area contributed by atoms with Gasteiger partial charge in [-0.3, -0.25) is 15.1 Å². The van der Waals surface area contributed by atoms with Crippen LogP contribution in [0.2, 0.25) is 0 Å². The van der Waals surface area contributed by atoms with Gasteiger partial charge in [-0.25, -0.2) is 0 Å². The average molecular weight is 331 g/mol. The standard InChI is InChI=1S/C20H17N3O2/c24-23(25)20-13-7-10-18(14-20)15-21-22(19-11-5-2-6-12-19)16-17-8-3-1-4-9-17/h1-15H,16H2/b21-15+. The molecule has 5 heteroatoms. The largest absolute Gasteiger partial charge is 0.270 e. The maximum absolute atomic E-state index is 10.9. The van der Waals surface area contributed by atoms with Crippen molar-refractivity contribution >= 4 is 17.6 Å². The van der Waals surface area contributed by atoms with E-state index in [9.17, 15) is 10.1 Å². The van der Waals surface area contributed by atoms with Crippen LogP contribution >= 0.6 is 0 Å². The molecule has 0 N–H and O–H groups in total. The Hall–Kier alpha value is -3.47. The van der Waals surface area contributed by atoms with Crippen LogP contribution in [-0.2, 0) is 6.54 Å². The lowest BCUT2D eigenvalue weighted by Gasteiger charge is -2.19. The summed E-state index contributed by atoms with van der Waals surface area (Å²) in [6, 6.07) is 26.3. The van der Waals surface area contributed by atoms with Crippen molar-refractivity contribution in [3.8, 4) is 0 Å². The minimum Gasteiger partial charge on any atom is -0.261 e. The summed E-state index contributed by atoms with van der Waals surface area (Å²) in [5.74, 6) is 0. The third-order valence-corrected chi connectivity index (χ3v) is 3.66. The zero-order valence-corrected chi connectivity index (χ0v) is 13.5. The summed E-state index contributed by atoms with van der Waals surface area (Å²) < 4.78 is 0. The molecule has 0 bridgehead atoms. The van der Waals surface area contributed by atoms with Gasteiger partial charge in [0.2, 0.25) is 0 Å². The Bertz CT molecular complexity index is 864. The Labute approximate surface area is 146 Å². The molecule has 0 unspecified atom stereocenters. The van der Waals surface area contributed by atoms with E-state index in [0.717, 1.165) is 11.3 Å². The quantitative estimate of drug-likeness (QED) is 0.376. The van der Waals surface area contributed by atoms with Gasteiger partial charge in [0.05, 0.1) is 23.4 Å². The van der Waals surface area contributed by atoms with Crippen molar-refractivity contribution in [2.45, 2.75) is 6.54 Å². The van der Waals surface area contributed by atoms with E-state index in [4.69, 9.17) is 0 Å². The van der Waals surface area contributed by atoms with Gasteiger partial charge in [-0.05, 0) is 17.7 Å². The van der Waals surface area contributed by atoms with Gasteiger partial charge in [0.1, 0.15) is 0 Å². The second-order valence-electron chi connectivity index (χ2n) is 5.48. The first-order chi connectivity index (χ1) is 12.2. The topological polar surface area (TPSA) is 58.7 Å². The van der Waals surface area contributed by atoms with Gasteiger partial charge >= 0.3 is 0 Å². The predicted octanol–water partition coefficient (Wildman–Crippen LogP) is 4.64. The second-order valence-corrected chi connectivity index (χ2v) is 5.48. The van der Waals surface area contributed by atoms with Gasteiger partial charge in [0.25, 0.3) is 5.69 Å². The van der Waals surface area contributed by atoms with E-state index in [1.165, 1.54) is 12.1 Å². The van der Waals surface area contributed by atoms with E-state index in [-0.39, 0.29) is 5.69 Å². The molecule has 5 nitrogen and oxygen atoms in total. The van der Waals surface area contributed by atoms with Crippen LogP contribution < -0.4 is 5.01 Å². The van der Waals surface area contributed by atoms with Crippen LogP contribution in [0.3, 0.4) is 0 Å². The van der Waals surface area contributed by atoms with Crippen molar-refractivity contribution in [1.29, 1.82) is 0 Å². The summed E-state index contributed by atoms with van der Waals surface area (Å²) in [4.78, 5) is 10.5. The SMILES string of the molecule is O=[N+]([O-])c1cccc(/C=N/N(Cc2ccccc2)c2ccccc2)c1. The maximum atomic E-state index is 10.9. The van der Waals surface area contributed by atoms with Gasteiger partial charge in [-0.1, -0.05) is 60.7 Å². The van der Waals surface area contributed by atoms with E-state index < -0.39 is 4.92 Å². The lowest BCUT2D eigenvalue weighted by atomic mass is 10.2. The Morgan fingerprint density at radius 3 is 2.28 bits per heavy atom. The number of hydrazone groups is 1. The molecule has 3 rings (SSSR count). The van der Waals surface area contributed by atoms with E-state index in [0.29, 0.717) is 12.1 Å². The molecule has 25 heavy (non-hydrogen) atoms. The molecule has 0 amide bonds. The Kier molecular flexibility index (Phi) is 5.16. The van der Waals surface area contributed by atoms with Gasteiger partial charge in [-0.15, -0.1) is 0 Å². The molecule has 0 aliphatic carbocycles. The molecule has 3 aromatic rings. The average Bonchev–Trinajstić information content (AvgIpc) is 2.67. The molecule has 0 saturated heterocycles. The molecule has 0 aliphatic rings. The number of anilines is 1. The van der Waals surface area contributed by atoms with E-state index in [1.54, 1.807) is 18.3 Å². The summed E-state index contributed by atoms with van der Waals surface area (Å²) in [5, 5.41) is 17.3. The van der Waals surface area contributed by atoms with E-state index >= 15 is 0 Å². The predicted molar refractivity (Wildman–Crippen MR) is 99.8 cm³/mol. The zero-order chi connectivity index (χ0) is 17.5. The highest BCUT2D eigenvalue weighted by Crippen LogP contribution is 2.18. The lowest BCUT2D eigenvalue weighted by molar-refractivity contribution is -0.384. The fourth-order valence-electron chi connectivity index (χ4n) is 2.41. The van der Waals surface area contributed by atoms with Crippen LogP contribution in [0.15, 0.2) is 90.0 Å². The van der Waals surface area contributed by atoms with Crippen LogP contribution in [0.1, 0.15) is 11.1 Å². The fraction of sp³-hybridized carbons (Fsp3) is 0.0500. The number of hydrogen-bond acceptors (Lipinski definition) is 4. The minimum atomic E-state index is -0.406. The highest BCUT2D eigenvalue weighted by molar-refractivity contribution is 5.81. The molecule has 0 spiro atoms. The van der Waals surface area contributed by atoms with Gasteiger partial charge in [0.15, 0.2) is 0 Å². The van der Waals surface area contributed by atoms with Crippen molar-refractivity contribution in [1.82, 2.24) is 0 Å². The third-order valence-electron chi connectivity index (χ3n) is 3.66. The van der Waals surface area contributed by atoms with Crippen molar-refractivity contribution in [2.75, 3.05) is 5.01 Å². The Morgan fingerprint density at radius 1 is 0.920 bits per heavy atom. The summed E-state index contributed by atoms with van der Waals surface area (Å²) in [7, 11) is 0. The first-order valence-corrected chi connectivity index (χ1v) is 7.87. The molecule has 3 aromatic carbocycles. The maximum Gasteiger partial charge on any atom is 0.270 e. The number of benzene rings is 3. The third kappa shape index (κ3) is 4.51. The number of rotatable bonds is 6. The summed E-state index contributed by atoms with van der Waals surface area (Å²) in [6.07, 6.45) is 1.64. The van der Waals surface area contributed by atoms with Crippen LogP contribution in [0, 0.1) is 10.1 Å². The molecule has 0 radical (unpaired) electrons. The van der Waals surface area contributed by atoms with Crippen LogP contribution in [0.25, 0.3) is 0 Å². The van der Waals surface area contributed by atoms with Crippen LogP contribution in [-0.4, -0.2) is 11.1 Å². The monoisotopic (exact) mass is 331 g/mol. The lowest BCUT2D eigenvalue weighted by Crippen LogP contribution is -2.16. The molecule has 124 valence electrons. The molecular weight excluding hydrogens is 314 g/mol. The molecular formula is C20H17N3O2. The highest BCUT2D eigenvalue weighted by Gasteiger charge is 2.07. The Morgan fingerprint density at radius 2 is 1.60 bits per heavy atom. The van der Waals surface area contributed by atoms with E-state index in [2.05, 4.69) is 5.10 Å². The second kappa shape index (κ2) is 7.88. The zero-order valence-electron chi connectivity index (χ0n) is 13.5. The summed E-state index contributed by atoms with van der Waals surface area (Å²) in [6.45, 7) is 0.607. The van der Waals surface area contributed by atoms with Crippen molar-refractivity contribution in [3.05, 3.63) is 106 Å². The first-order valence-electron chi connectivity index (χ1n) is 7.87. The number of para-hydroxylation sites is 1. The Balaban J connectivity index is 1.87. The van der Waals surface area contributed by atoms with Crippen molar-refractivity contribution < 1.29 is 4.92 Å². The minimum absolute atomic E-state index is 0.0540. The number of hydrogen-bond donors (Lipinski definition) is 0. The van der Waals surface area contributed by atoms with Crippen molar-refractivity contribution in [3.63, 3.8) is 0 Å². The number of nitro groups is 1. The molecule has 0 heterocycles. The van der Waals surface area contributed by atoms with Crippen molar-refractivity contribution in [2.24, 2.45) is 5.10 Å². The highest BCUT2D eigenvalue weighted by atomic mass is 16.6. The smallest absolute Gasteiger partial charge is 0.261 e. The van der Waals surface area contributed by atoms with E-state index in [1.807, 2.05) is 65.7 Å². The fourth-order valence-corrected chi connectivity index (χ4v) is 2.41. The number of nitro benzene ring substituents is 1. The van der Waals surface area contributed by atoms with Gasteiger partial charge in [-0.2, -0.15) is 5.10 Å². The molecule has 0 saturated carbocycles. The normalized spacial score (nSPS) is 10.7. The molecule has 0 aromatic heterocycles. The van der Waals surface area contributed by atoms with Crippen LogP contribution in [0.5, 0.6) is 0 Å². The first kappa shape index (κ1) is 16.4.